The molecule has 2 fully saturated rings. The van der Waals surface area contributed by atoms with Crippen LogP contribution in [-0.4, -0.2) is 172 Å². The van der Waals surface area contributed by atoms with Gasteiger partial charge in [-0.15, -0.1) is 0 Å². The van der Waals surface area contributed by atoms with E-state index in [1.165, 1.54) is 0 Å². The summed E-state index contributed by atoms with van der Waals surface area (Å²) in [6.45, 7) is -0.590. The van der Waals surface area contributed by atoms with Crippen molar-refractivity contribution in [2.24, 2.45) is 28.7 Å². The number of carboxylic acid groups (broad SMARTS) is 1. The Morgan fingerprint density at radius 3 is 1.31 bits per heavy atom. The van der Waals surface area contributed by atoms with Crippen molar-refractivity contribution in [2.75, 3.05) is 19.7 Å². The zero-order chi connectivity index (χ0) is 57.4. The van der Waals surface area contributed by atoms with Gasteiger partial charge in [0.15, 0.2) is 0 Å². The number of hydrogen-bond donors (Lipinski definition) is 15. The van der Waals surface area contributed by atoms with Crippen molar-refractivity contribution < 1.29 is 77.3 Å². The Hall–Kier alpha value is -8.28. The first-order chi connectivity index (χ1) is 36.4. The second-order valence-electron chi connectivity index (χ2n) is 18.5. The Morgan fingerprint density at radius 2 is 0.896 bits per heavy atom. The molecule has 20 N–H and O–H groups in total. The van der Waals surface area contributed by atoms with Crippen molar-refractivity contribution in [3.8, 4) is 0 Å². The highest BCUT2D eigenvalue weighted by molar-refractivity contribution is 5.99. The lowest BCUT2D eigenvalue weighted by molar-refractivity contribution is -0.143. The molecule has 0 aliphatic carbocycles. The van der Waals surface area contributed by atoms with Crippen LogP contribution < -0.4 is 71.2 Å². The van der Waals surface area contributed by atoms with Crippen LogP contribution >= 0.6 is 0 Å². The number of aliphatic hydroxyl groups is 1. The fourth-order valence-corrected chi connectivity index (χ4v) is 8.32. The van der Waals surface area contributed by atoms with Crippen molar-refractivity contribution in [2.45, 2.75) is 151 Å². The fourth-order valence-electron chi connectivity index (χ4n) is 8.32. The Balaban J connectivity index is 1.87. The normalized spacial score (nSPS) is 17.5. The second kappa shape index (κ2) is 31.6. The molecule has 0 spiro atoms. The number of hydrogen-bond acceptors (Lipinski definition) is 16. The van der Waals surface area contributed by atoms with E-state index >= 15 is 0 Å². The van der Waals surface area contributed by atoms with Gasteiger partial charge in [-0.1, -0.05) is 30.3 Å². The van der Waals surface area contributed by atoms with Gasteiger partial charge in [-0.25, -0.2) is 4.79 Å². The van der Waals surface area contributed by atoms with E-state index in [1.807, 2.05) is 0 Å². The molecule has 3 rings (SSSR count). The number of carbonyl (C=O) groups is 14. The lowest BCUT2D eigenvalue weighted by atomic mass is 10.0. The molecule has 0 unspecified atom stereocenters. The minimum absolute atomic E-state index is 0.0114. The van der Waals surface area contributed by atoms with Crippen LogP contribution in [-0.2, 0) is 73.5 Å². The monoisotopic (exact) mass is 1090 g/mol. The number of likely N-dealkylation sites (tertiary alicyclic amines) is 1. The van der Waals surface area contributed by atoms with Crippen molar-refractivity contribution >= 4 is 82.8 Å². The molecule has 424 valence electrons. The number of nitrogens with two attached hydrogens (primary N) is 5. The van der Waals surface area contributed by atoms with E-state index in [-0.39, 0.29) is 38.6 Å². The van der Waals surface area contributed by atoms with Gasteiger partial charge in [0.2, 0.25) is 76.8 Å². The predicted molar refractivity (Wildman–Crippen MR) is 266 cm³/mol. The summed E-state index contributed by atoms with van der Waals surface area (Å²) in [4.78, 5) is 182. The van der Waals surface area contributed by atoms with Crippen LogP contribution in [0.25, 0.3) is 0 Å². The first-order valence-electron chi connectivity index (χ1n) is 24.9. The number of carboxylic acids is 1. The average molecular weight is 1090 g/mol. The Morgan fingerprint density at radius 1 is 0.506 bits per heavy atom. The molecule has 2 aliphatic rings. The van der Waals surface area contributed by atoms with E-state index in [2.05, 4.69) is 42.5 Å². The summed E-state index contributed by atoms with van der Waals surface area (Å²) in [5, 5.41) is 39.7. The molecule has 0 aromatic heterocycles. The topological polar surface area (TPSA) is 509 Å². The average Bonchev–Trinajstić information content (AvgIpc) is 4.11. The number of nitrogens with zero attached hydrogens (tertiary/aromatic N) is 1. The summed E-state index contributed by atoms with van der Waals surface area (Å²) in [5.41, 5.74) is 26.9. The molecule has 13 amide bonds. The van der Waals surface area contributed by atoms with Gasteiger partial charge in [0.25, 0.3) is 0 Å². The van der Waals surface area contributed by atoms with Gasteiger partial charge < -0.3 is 86.3 Å². The summed E-state index contributed by atoms with van der Waals surface area (Å²) in [6, 6.07) is -5.00. The van der Waals surface area contributed by atoms with Crippen LogP contribution in [0.5, 0.6) is 0 Å². The van der Waals surface area contributed by atoms with Crippen molar-refractivity contribution in [3.63, 3.8) is 0 Å². The maximum atomic E-state index is 14.6. The summed E-state index contributed by atoms with van der Waals surface area (Å²) < 4.78 is 0. The molecular weight excluding hydrogens is 1020 g/mol. The molecule has 77 heavy (non-hydrogen) atoms. The molecule has 0 radical (unpaired) electrons. The third kappa shape index (κ3) is 21.8. The number of primary amides is 5. The highest BCUT2D eigenvalue weighted by atomic mass is 16.4. The smallest absolute Gasteiger partial charge is 0.326 e. The van der Waals surface area contributed by atoms with Gasteiger partial charge in [-0.2, -0.15) is 0 Å². The molecule has 30 nitrogen and oxygen atoms in total. The minimum Gasteiger partial charge on any atom is -0.480 e. The number of benzene rings is 1. The maximum absolute atomic E-state index is 14.6. The van der Waals surface area contributed by atoms with Gasteiger partial charge in [-0.05, 0) is 69.9 Å². The zero-order valence-corrected chi connectivity index (χ0v) is 42.3. The molecule has 9 atom stereocenters. The van der Waals surface area contributed by atoms with E-state index in [1.54, 1.807) is 30.3 Å². The van der Waals surface area contributed by atoms with Gasteiger partial charge in [-0.3, -0.25) is 62.3 Å². The third-order valence-corrected chi connectivity index (χ3v) is 12.5. The maximum Gasteiger partial charge on any atom is 0.326 e. The standard InChI is InChI=1S/C47H70N14O16/c48-34(63)15-10-26(54-39(68)25-8-4-20-53-25)40(69)56-28(12-17-36(50)65)43(72)60-32(23-62)44(73)59-31(22-24-6-2-1-3-7-24)46(75)61-21-5-9-33(61)45(74)57-29(13-18-37(51)66)41(70)55-27(11-16-35(49)64)42(71)58-30(47(76)77)14-19-38(52)67/h1-3,6-7,25-33,53,62H,4-5,8-23H2,(H2,48,63)(H2,49,64)(H2,50,65)(H2,51,66)(H2,52,67)(H,54,68)(H,55,70)(H,56,69)(H,57,74)(H,58,71)(H,59,73)(H,60,72)(H,76,77)/t25-,26-,27-,28-,29-,30-,31-,32-,33-/m0/s1. The molecule has 1 aromatic carbocycles. The number of aliphatic hydroxyl groups excluding tert-OH is 1. The van der Waals surface area contributed by atoms with Crippen LogP contribution in [0, 0.1) is 0 Å². The van der Waals surface area contributed by atoms with Crippen molar-refractivity contribution in [1.82, 2.24) is 47.4 Å². The number of aliphatic carboxylic acids is 1. The third-order valence-electron chi connectivity index (χ3n) is 12.5. The van der Waals surface area contributed by atoms with E-state index in [9.17, 15) is 77.3 Å². The molecule has 1 aromatic rings. The van der Waals surface area contributed by atoms with E-state index in [0.717, 1.165) is 4.90 Å². The summed E-state index contributed by atoms with van der Waals surface area (Å²) in [5.74, 6) is -13.6. The first kappa shape index (κ1) is 63.0. The van der Waals surface area contributed by atoms with Crippen LogP contribution in [0.15, 0.2) is 30.3 Å². The van der Waals surface area contributed by atoms with Crippen LogP contribution in [0.2, 0.25) is 0 Å². The molecule has 2 saturated heterocycles. The SMILES string of the molecule is NC(=O)CC[C@H](NC(=O)[C@H](CCC(N)=O)NC(=O)[C@H](CCC(N)=O)NC(=O)[C@@H]1CCCN1C(=O)[C@H](Cc1ccccc1)NC(=O)[C@H](CO)NC(=O)[C@H](CCC(N)=O)NC(=O)[C@H](CCC(N)=O)NC(=O)[C@@H]1CCCN1)C(=O)O. The Kier molecular flexibility index (Phi) is 25.8. The molecule has 0 saturated carbocycles. The van der Waals surface area contributed by atoms with Crippen molar-refractivity contribution in [1.29, 1.82) is 0 Å². The number of amides is 13. The molecule has 2 heterocycles. The van der Waals surface area contributed by atoms with Gasteiger partial charge in [0.1, 0.15) is 48.3 Å². The van der Waals surface area contributed by atoms with Gasteiger partial charge in [0, 0.05) is 45.1 Å². The quantitative estimate of drug-likeness (QED) is 0.0305. The lowest BCUT2D eigenvalue weighted by Gasteiger charge is -2.31. The Labute approximate surface area is 441 Å². The molecule has 30 heteroatoms. The number of carbonyl (C=O) groups excluding carboxylic acids is 13. The largest absolute Gasteiger partial charge is 0.480 e. The number of nitrogens with one attached hydrogen (secondary N) is 8. The molecule has 2 aliphatic heterocycles. The van der Waals surface area contributed by atoms with Gasteiger partial charge >= 0.3 is 5.97 Å². The highest BCUT2D eigenvalue weighted by Gasteiger charge is 2.41. The minimum atomic E-state index is -1.82. The van der Waals surface area contributed by atoms with Crippen LogP contribution in [0.1, 0.15) is 95.5 Å². The molecule has 0 bridgehead atoms. The molecular formula is C47H70N14O16. The zero-order valence-electron chi connectivity index (χ0n) is 42.3. The summed E-state index contributed by atoms with van der Waals surface area (Å²) >= 11 is 0. The predicted octanol–water partition coefficient (Wildman–Crippen LogP) is -7.23. The van der Waals surface area contributed by atoms with E-state index in [0.29, 0.717) is 24.9 Å². The van der Waals surface area contributed by atoms with E-state index in [4.69, 9.17) is 28.7 Å². The van der Waals surface area contributed by atoms with Crippen LogP contribution in [0.3, 0.4) is 0 Å². The first-order valence-corrected chi connectivity index (χ1v) is 24.9. The van der Waals surface area contributed by atoms with Gasteiger partial charge in [0.05, 0.1) is 12.6 Å². The highest BCUT2D eigenvalue weighted by Crippen LogP contribution is 2.21. The van der Waals surface area contributed by atoms with E-state index < -0.39 is 195 Å². The second-order valence-corrected chi connectivity index (χ2v) is 18.5. The van der Waals surface area contributed by atoms with Crippen LogP contribution in [0.4, 0.5) is 0 Å². The summed E-state index contributed by atoms with van der Waals surface area (Å²) in [7, 11) is 0. The fraction of sp³-hybridized carbons (Fsp3) is 0.574. The van der Waals surface area contributed by atoms with Crippen molar-refractivity contribution in [3.05, 3.63) is 35.9 Å². The lowest BCUT2D eigenvalue weighted by Crippen LogP contribution is -2.61. The Bertz CT molecular complexity index is 2330. The summed E-state index contributed by atoms with van der Waals surface area (Å²) in [6.07, 6.45) is -3.07. The number of rotatable bonds is 34.